The Kier molecular flexibility index (Phi) is 6.85. The Hall–Kier alpha value is -7.24. The third-order valence-electron chi connectivity index (χ3n) is 10.7. The first kappa shape index (κ1) is 30.4. The summed E-state index contributed by atoms with van der Waals surface area (Å²) in [6.07, 6.45) is 6.24. The summed E-state index contributed by atoms with van der Waals surface area (Å²) in [5, 5.41) is 10.4. The van der Waals surface area contributed by atoms with E-state index >= 15 is 0 Å². The van der Waals surface area contributed by atoms with Crippen molar-refractivity contribution in [1.82, 2.24) is 19.9 Å². The van der Waals surface area contributed by atoms with Crippen molar-refractivity contribution in [3.8, 4) is 33.6 Å². The van der Waals surface area contributed by atoms with Crippen LogP contribution < -0.4 is 5.32 Å². The molecule has 0 spiro atoms. The zero-order chi connectivity index (χ0) is 35.6. The van der Waals surface area contributed by atoms with E-state index in [0.717, 1.165) is 99.4 Å². The van der Waals surface area contributed by atoms with Crippen LogP contribution in [0, 0.1) is 0 Å². The molecule has 0 amide bonds. The molecule has 1 aliphatic rings. The molecular weight excluding hydrogens is 659 g/mol. The molecule has 0 saturated carbocycles. The van der Waals surface area contributed by atoms with Crippen LogP contribution in [0.2, 0.25) is 0 Å². The zero-order valence-corrected chi connectivity index (χ0v) is 29.1. The van der Waals surface area contributed by atoms with Gasteiger partial charge in [-0.25, -0.2) is 9.97 Å². The van der Waals surface area contributed by atoms with Crippen LogP contribution >= 0.6 is 0 Å². The molecule has 4 aromatic heterocycles. The largest absolute Gasteiger partial charge is 0.373 e. The fourth-order valence-electron chi connectivity index (χ4n) is 7.93. The van der Waals surface area contributed by atoms with Crippen LogP contribution in [0.3, 0.4) is 0 Å². The number of aromatic nitrogens is 4. The quantitative estimate of drug-likeness (QED) is 0.186. The first-order valence-electron chi connectivity index (χ1n) is 18.2. The number of rotatable bonds is 4. The van der Waals surface area contributed by atoms with Crippen LogP contribution in [-0.2, 0) is 0 Å². The second-order valence-corrected chi connectivity index (χ2v) is 13.9. The highest BCUT2D eigenvalue weighted by Gasteiger charge is 2.18. The summed E-state index contributed by atoms with van der Waals surface area (Å²) >= 11 is 0. The van der Waals surface area contributed by atoms with Crippen LogP contribution in [0.15, 0.2) is 170 Å². The summed E-state index contributed by atoms with van der Waals surface area (Å²) in [5.74, 6) is 0. The van der Waals surface area contributed by atoms with Gasteiger partial charge >= 0.3 is 0 Å². The maximum absolute atomic E-state index is 5.18. The Morgan fingerprint density at radius 3 is 2.00 bits per heavy atom. The summed E-state index contributed by atoms with van der Waals surface area (Å²) in [5.41, 5.74) is 13.5. The summed E-state index contributed by atoms with van der Waals surface area (Å²) < 4.78 is 0. The maximum atomic E-state index is 5.18. The lowest BCUT2D eigenvalue weighted by atomic mass is 9.94. The van der Waals surface area contributed by atoms with Gasteiger partial charge in [0.2, 0.25) is 0 Å². The molecule has 0 aliphatic carbocycles. The fourth-order valence-corrected chi connectivity index (χ4v) is 7.93. The van der Waals surface area contributed by atoms with Crippen molar-refractivity contribution in [2.75, 3.05) is 5.32 Å². The van der Waals surface area contributed by atoms with E-state index < -0.39 is 0 Å². The summed E-state index contributed by atoms with van der Waals surface area (Å²) in [7, 11) is 0. The van der Waals surface area contributed by atoms with E-state index in [1.54, 1.807) is 0 Å². The highest BCUT2D eigenvalue weighted by molar-refractivity contribution is 6.07. The van der Waals surface area contributed by atoms with E-state index in [0.29, 0.717) is 0 Å². The normalized spacial score (nSPS) is 13.8. The molecule has 1 unspecified atom stereocenters. The predicted molar refractivity (Wildman–Crippen MR) is 223 cm³/mol. The van der Waals surface area contributed by atoms with Gasteiger partial charge in [-0.15, -0.1) is 0 Å². The second-order valence-electron chi connectivity index (χ2n) is 13.9. The zero-order valence-electron chi connectivity index (χ0n) is 29.1. The molecule has 0 fully saturated rings. The minimum absolute atomic E-state index is 0.0240. The molecule has 252 valence electrons. The third-order valence-corrected chi connectivity index (χ3v) is 10.7. The van der Waals surface area contributed by atoms with Gasteiger partial charge in [-0.05, 0) is 82.1 Å². The molecule has 0 radical (unpaired) electrons. The number of pyridine rings is 4. The van der Waals surface area contributed by atoms with Gasteiger partial charge in [0.05, 0.1) is 45.2 Å². The van der Waals surface area contributed by atoms with Gasteiger partial charge in [0.15, 0.2) is 0 Å². The van der Waals surface area contributed by atoms with Gasteiger partial charge in [0.25, 0.3) is 0 Å². The van der Waals surface area contributed by atoms with Crippen molar-refractivity contribution in [3.63, 3.8) is 0 Å². The molecule has 0 bridgehead atoms. The number of benzene rings is 6. The monoisotopic (exact) mass is 689 g/mol. The van der Waals surface area contributed by atoms with E-state index in [-0.39, 0.29) is 6.04 Å². The van der Waals surface area contributed by atoms with Crippen molar-refractivity contribution >= 4 is 66.1 Å². The van der Waals surface area contributed by atoms with E-state index in [4.69, 9.17) is 15.0 Å². The number of anilines is 1. The van der Waals surface area contributed by atoms with E-state index in [9.17, 15) is 0 Å². The Balaban J connectivity index is 0.903. The van der Waals surface area contributed by atoms with Gasteiger partial charge in [0.1, 0.15) is 0 Å². The SMILES string of the molecule is C1=CC(c2ccc3ccccc3n2)Nc2ccc(-c3ccc4nc(-c5ccc(-c6ccc7ccc8cccnc8c7n6)c6ccccc56)ccc4c3)cc21. The van der Waals surface area contributed by atoms with E-state index in [1.807, 2.05) is 24.4 Å². The fraction of sp³-hybridized carbons (Fsp3) is 0.0204. The van der Waals surface area contributed by atoms with Crippen molar-refractivity contribution in [2.45, 2.75) is 6.04 Å². The van der Waals surface area contributed by atoms with Gasteiger partial charge in [-0.3, -0.25) is 9.97 Å². The standard InChI is InChI=1S/C49H31N5/c1-4-10-41-30(6-1)13-25-46(52-41)47-26-18-36-29-34(16-22-43(36)53-47)33-15-21-42-35(28-33)17-24-44(51-42)39-19-20-40(38-9-3-2-8-37(38)39)45-23-14-32-12-11-31-7-5-27-50-48(31)49(32)54-45/h1-29,47,53H. The number of para-hydroxylation sites is 1. The molecular formula is C49H31N5. The minimum Gasteiger partial charge on any atom is -0.373 e. The second kappa shape index (κ2) is 12.2. The Morgan fingerprint density at radius 2 is 1.13 bits per heavy atom. The lowest BCUT2D eigenvalue weighted by Crippen LogP contribution is -2.13. The Morgan fingerprint density at radius 1 is 0.463 bits per heavy atom. The molecule has 1 aliphatic heterocycles. The van der Waals surface area contributed by atoms with E-state index in [1.165, 1.54) is 5.56 Å². The van der Waals surface area contributed by atoms with Crippen molar-refractivity contribution in [3.05, 3.63) is 181 Å². The molecule has 11 rings (SSSR count). The average molecular weight is 690 g/mol. The first-order valence-corrected chi connectivity index (χ1v) is 18.2. The molecule has 5 heteroatoms. The van der Waals surface area contributed by atoms with Gasteiger partial charge in [-0.1, -0.05) is 115 Å². The van der Waals surface area contributed by atoms with Crippen LogP contribution in [0.1, 0.15) is 17.3 Å². The highest BCUT2D eigenvalue weighted by Crippen LogP contribution is 2.38. The van der Waals surface area contributed by atoms with Crippen molar-refractivity contribution < 1.29 is 0 Å². The number of hydrogen-bond acceptors (Lipinski definition) is 5. The lowest BCUT2D eigenvalue weighted by Gasteiger charge is -2.23. The third kappa shape index (κ3) is 5.09. The summed E-state index contributed by atoms with van der Waals surface area (Å²) in [4.78, 5) is 19.9. The first-order chi connectivity index (χ1) is 26.7. The molecule has 5 heterocycles. The average Bonchev–Trinajstić information content (AvgIpc) is 3.25. The molecule has 1 atom stereocenters. The molecule has 0 saturated heterocycles. The molecule has 10 aromatic rings. The van der Waals surface area contributed by atoms with Gasteiger partial charge < -0.3 is 5.32 Å². The summed E-state index contributed by atoms with van der Waals surface area (Å²) in [6, 6.07) is 55.5. The molecule has 6 aromatic carbocycles. The van der Waals surface area contributed by atoms with Crippen molar-refractivity contribution in [2.24, 2.45) is 0 Å². The van der Waals surface area contributed by atoms with Crippen LogP contribution in [0.4, 0.5) is 5.69 Å². The predicted octanol–water partition coefficient (Wildman–Crippen LogP) is 12.2. The van der Waals surface area contributed by atoms with Crippen LogP contribution in [-0.4, -0.2) is 19.9 Å². The van der Waals surface area contributed by atoms with Crippen LogP contribution in [0.25, 0.3) is 94.1 Å². The number of fused-ring (bicyclic) bond motifs is 7. The molecule has 54 heavy (non-hydrogen) atoms. The highest BCUT2D eigenvalue weighted by atomic mass is 15.0. The Labute approximate surface area is 311 Å². The van der Waals surface area contributed by atoms with Crippen LogP contribution in [0.5, 0.6) is 0 Å². The van der Waals surface area contributed by atoms with Crippen molar-refractivity contribution in [1.29, 1.82) is 0 Å². The smallest absolute Gasteiger partial charge is 0.0972 e. The number of hydrogen-bond donors (Lipinski definition) is 1. The minimum atomic E-state index is 0.0240. The molecule has 5 nitrogen and oxygen atoms in total. The molecule has 1 N–H and O–H groups in total. The van der Waals surface area contributed by atoms with E-state index in [2.05, 4.69) is 162 Å². The topological polar surface area (TPSA) is 63.6 Å². The van der Waals surface area contributed by atoms with Gasteiger partial charge in [-0.2, -0.15) is 0 Å². The van der Waals surface area contributed by atoms with Gasteiger partial charge in [0, 0.05) is 44.6 Å². The maximum Gasteiger partial charge on any atom is 0.0972 e. The number of nitrogens with one attached hydrogen (secondary N) is 1. The number of nitrogens with zero attached hydrogens (tertiary/aromatic N) is 4. The lowest BCUT2D eigenvalue weighted by molar-refractivity contribution is 0.930. The Bertz CT molecular complexity index is 3160. The summed E-state index contributed by atoms with van der Waals surface area (Å²) in [6.45, 7) is 0.